The Morgan fingerprint density at radius 2 is 1.48 bits per heavy atom. The number of nitrogen functional groups attached to an aromatic ring is 1. The first-order valence-electron chi connectivity index (χ1n) is 6.66. The summed E-state index contributed by atoms with van der Waals surface area (Å²) >= 11 is 12.1. The van der Waals surface area contributed by atoms with E-state index in [-0.39, 0.29) is 0 Å². The minimum Gasteiger partial charge on any atom is -0.397 e. The fourth-order valence-electron chi connectivity index (χ4n) is 2.43. The number of aromatic nitrogens is 2. The van der Waals surface area contributed by atoms with Crippen molar-refractivity contribution in [3.63, 3.8) is 0 Å². The summed E-state index contributed by atoms with van der Waals surface area (Å²) in [4.78, 5) is 12.9. The van der Waals surface area contributed by atoms with Gasteiger partial charge in [0.1, 0.15) is 0 Å². The van der Waals surface area contributed by atoms with Crippen LogP contribution in [0.1, 0.15) is 0 Å². The zero-order valence-corrected chi connectivity index (χ0v) is 12.8. The van der Waals surface area contributed by atoms with Crippen molar-refractivity contribution in [3.05, 3.63) is 40.6 Å². The SMILES string of the molecule is Nc1cc(Cl)c(Cl)cc1N1CCN(c2ncccn2)CC1. The number of piperazine rings is 1. The van der Waals surface area contributed by atoms with Crippen LogP contribution in [0.2, 0.25) is 10.0 Å². The summed E-state index contributed by atoms with van der Waals surface area (Å²) in [7, 11) is 0. The van der Waals surface area contributed by atoms with Gasteiger partial charge in [0, 0.05) is 38.6 Å². The largest absolute Gasteiger partial charge is 0.397 e. The van der Waals surface area contributed by atoms with Crippen LogP contribution in [0, 0.1) is 0 Å². The molecule has 0 amide bonds. The maximum atomic E-state index is 6.09. The average Bonchev–Trinajstić information content (AvgIpc) is 2.52. The fraction of sp³-hybridized carbons (Fsp3) is 0.286. The molecule has 1 saturated heterocycles. The third-order valence-corrected chi connectivity index (χ3v) is 4.25. The van der Waals surface area contributed by atoms with E-state index in [4.69, 9.17) is 28.9 Å². The van der Waals surface area contributed by atoms with E-state index in [1.165, 1.54) is 0 Å². The van der Waals surface area contributed by atoms with E-state index in [0.29, 0.717) is 15.7 Å². The highest BCUT2D eigenvalue weighted by Gasteiger charge is 2.21. The number of hydrogen-bond donors (Lipinski definition) is 1. The molecule has 1 aliphatic heterocycles. The summed E-state index contributed by atoms with van der Waals surface area (Å²) in [5.41, 5.74) is 7.62. The molecule has 1 fully saturated rings. The van der Waals surface area contributed by atoms with Crippen molar-refractivity contribution >= 4 is 40.5 Å². The smallest absolute Gasteiger partial charge is 0.225 e. The molecule has 21 heavy (non-hydrogen) atoms. The molecule has 1 aromatic heterocycles. The summed E-state index contributed by atoms with van der Waals surface area (Å²) in [6.07, 6.45) is 3.51. The highest BCUT2D eigenvalue weighted by Crippen LogP contribution is 2.33. The molecule has 2 N–H and O–H groups in total. The average molecular weight is 324 g/mol. The van der Waals surface area contributed by atoms with E-state index in [9.17, 15) is 0 Å². The minimum absolute atomic E-state index is 0.481. The van der Waals surface area contributed by atoms with Gasteiger partial charge in [0.05, 0.1) is 21.4 Å². The molecule has 0 aliphatic carbocycles. The lowest BCUT2D eigenvalue weighted by molar-refractivity contribution is 0.640. The van der Waals surface area contributed by atoms with Crippen molar-refractivity contribution in [1.29, 1.82) is 0 Å². The molecule has 3 rings (SSSR count). The highest BCUT2D eigenvalue weighted by atomic mass is 35.5. The van der Waals surface area contributed by atoms with Gasteiger partial charge in [0.15, 0.2) is 0 Å². The van der Waals surface area contributed by atoms with Gasteiger partial charge < -0.3 is 15.5 Å². The molecule has 0 bridgehead atoms. The van der Waals surface area contributed by atoms with E-state index in [2.05, 4.69) is 19.8 Å². The van der Waals surface area contributed by atoms with Gasteiger partial charge in [-0.25, -0.2) is 9.97 Å². The van der Waals surface area contributed by atoms with Crippen molar-refractivity contribution < 1.29 is 0 Å². The molecule has 0 unspecified atom stereocenters. The zero-order valence-electron chi connectivity index (χ0n) is 11.3. The Hall–Kier alpha value is -1.72. The van der Waals surface area contributed by atoms with Crippen LogP contribution < -0.4 is 15.5 Å². The third kappa shape index (κ3) is 2.99. The number of anilines is 3. The van der Waals surface area contributed by atoms with Crippen LogP contribution in [0.15, 0.2) is 30.6 Å². The van der Waals surface area contributed by atoms with Gasteiger partial charge in [-0.05, 0) is 18.2 Å². The van der Waals surface area contributed by atoms with Crippen molar-refractivity contribution in [1.82, 2.24) is 9.97 Å². The number of hydrogen-bond acceptors (Lipinski definition) is 5. The second-order valence-corrected chi connectivity index (χ2v) is 5.66. The standard InChI is InChI=1S/C14H15Cl2N5/c15-10-8-12(17)13(9-11(10)16)20-4-6-21(7-5-20)14-18-2-1-3-19-14/h1-3,8-9H,4-7,17H2. The topological polar surface area (TPSA) is 58.3 Å². The van der Waals surface area contributed by atoms with E-state index in [1.807, 2.05) is 12.1 Å². The molecule has 5 nitrogen and oxygen atoms in total. The molecule has 1 aliphatic rings. The normalized spacial score (nSPS) is 15.3. The Kier molecular flexibility index (Phi) is 4.03. The molecule has 1 aromatic carbocycles. The Morgan fingerprint density at radius 1 is 0.905 bits per heavy atom. The van der Waals surface area contributed by atoms with Crippen LogP contribution in [-0.2, 0) is 0 Å². The molecule has 0 radical (unpaired) electrons. The molecule has 2 heterocycles. The van der Waals surface area contributed by atoms with Gasteiger partial charge in [-0.2, -0.15) is 0 Å². The Labute approximate surface area is 133 Å². The second kappa shape index (κ2) is 5.95. The quantitative estimate of drug-likeness (QED) is 0.861. The van der Waals surface area contributed by atoms with Crippen molar-refractivity contribution in [3.8, 4) is 0 Å². The van der Waals surface area contributed by atoms with E-state index in [1.54, 1.807) is 18.5 Å². The van der Waals surface area contributed by atoms with Crippen LogP contribution in [0.25, 0.3) is 0 Å². The van der Waals surface area contributed by atoms with Gasteiger partial charge in [-0.1, -0.05) is 23.2 Å². The van der Waals surface area contributed by atoms with Crippen molar-refractivity contribution in [2.75, 3.05) is 41.7 Å². The van der Waals surface area contributed by atoms with E-state index >= 15 is 0 Å². The van der Waals surface area contributed by atoms with Gasteiger partial charge in [0.25, 0.3) is 0 Å². The molecular weight excluding hydrogens is 309 g/mol. The molecule has 110 valence electrons. The zero-order chi connectivity index (χ0) is 14.8. The number of nitrogens with two attached hydrogens (primary N) is 1. The Morgan fingerprint density at radius 3 is 2.14 bits per heavy atom. The highest BCUT2D eigenvalue weighted by molar-refractivity contribution is 6.42. The predicted octanol–water partition coefficient (Wildman–Crippen LogP) is 2.69. The van der Waals surface area contributed by atoms with Crippen LogP contribution in [0.5, 0.6) is 0 Å². The van der Waals surface area contributed by atoms with Crippen molar-refractivity contribution in [2.45, 2.75) is 0 Å². The van der Waals surface area contributed by atoms with Gasteiger partial charge in [0.2, 0.25) is 5.95 Å². The number of benzene rings is 1. The number of halogens is 2. The lowest BCUT2D eigenvalue weighted by atomic mass is 10.2. The maximum Gasteiger partial charge on any atom is 0.225 e. The first-order valence-corrected chi connectivity index (χ1v) is 7.42. The van der Waals surface area contributed by atoms with Gasteiger partial charge in [-0.3, -0.25) is 0 Å². The first kappa shape index (κ1) is 14.2. The first-order chi connectivity index (χ1) is 10.1. The minimum atomic E-state index is 0.481. The van der Waals surface area contributed by atoms with Crippen LogP contribution >= 0.6 is 23.2 Å². The summed E-state index contributed by atoms with van der Waals surface area (Å²) in [5.74, 6) is 0.763. The Bertz CT molecular complexity index is 627. The summed E-state index contributed by atoms with van der Waals surface area (Å²) < 4.78 is 0. The molecular formula is C14H15Cl2N5. The summed E-state index contributed by atoms with van der Waals surface area (Å²) in [6.45, 7) is 3.34. The lowest BCUT2D eigenvalue weighted by Gasteiger charge is -2.36. The molecule has 0 spiro atoms. The fourth-order valence-corrected chi connectivity index (χ4v) is 2.76. The van der Waals surface area contributed by atoms with Gasteiger partial charge >= 0.3 is 0 Å². The second-order valence-electron chi connectivity index (χ2n) is 4.85. The summed E-state index contributed by atoms with van der Waals surface area (Å²) in [5, 5.41) is 1.00. The van der Waals surface area contributed by atoms with Crippen molar-refractivity contribution in [2.24, 2.45) is 0 Å². The van der Waals surface area contributed by atoms with Crippen LogP contribution in [0.4, 0.5) is 17.3 Å². The third-order valence-electron chi connectivity index (χ3n) is 3.52. The summed E-state index contributed by atoms with van der Waals surface area (Å²) in [6, 6.07) is 5.34. The van der Waals surface area contributed by atoms with Gasteiger partial charge in [-0.15, -0.1) is 0 Å². The number of nitrogens with zero attached hydrogens (tertiary/aromatic N) is 4. The molecule has 7 heteroatoms. The van der Waals surface area contributed by atoms with E-state index < -0.39 is 0 Å². The number of rotatable bonds is 2. The lowest BCUT2D eigenvalue weighted by Crippen LogP contribution is -2.47. The Balaban J connectivity index is 1.73. The van der Waals surface area contributed by atoms with Crippen LogP contribution in [0.3, 0.4) is 0 Å². The van der Waals surface area contributed by atoms with Crippen LogP contribution in [-0.4, -0.2) is 36.1 Å². The van der Waals surface area contributed by atoms with E-state index in [0.717, 1.165) is 37.8 Å². The monoisotopic (exact) mass is 323 g/mol. The molecule has 0 atom stereocenters. The molecule has 2 aromatic rings. The molecule has 0 saturated carbocycles. The predicted molar refractivity (Wildman–Crippen MR) is 87.3 cm³/mol. The maximum absolute atomic E-state index is 6.09.